The lowest BCUT2D eigenvalue weighted by molar-refractivity contribution is 0.304. The summed E-state index contributed by atoms with van der Waals surface area (Å²) in [5.41, 5.74) is 8.19. The summed E-state index contributed by atoms with van der Waals surface area (Å²) in [5, 5.41) is 5.29. The van der Waals surface area contributed by atoms with Gasteiger partial charge in [-0.25, -0.2) is 9.98 Å². The van der Waals surface area contributed by atoms with Crippen LogP contribution in [0.2, 0.25) is 0 Å². The van der Waals surface area contributed by atoms with Gasteiger partial charge in [0.1, 0.15) is 21.7 Å². The molecule has 4 aromatic rings. The molecule has 0 radical (unpaired) electrons. The normalized spacial score (nSPS) is 14.6. The average Bonchev–Trinajstić information content (AvgIpc) is 3.11. The number of hydrogen-bond donors (Lipinski definition) is 2. The highest BCUT2D eigenvalue weighted by atomic mass is 31.2. The molecule has 0 aromatic heterocycles. The Morgan fingerprint density at radius 1 is 0.681 bits per heavy atom. The predicted molar refractivity (Wildman–Crippen MR) is 197 cm³/mol. The molecule has 0 bridgehead atoms. The number of aliphatic imine (C=N–C) groups is 2. The Labute approximate surface area is 280 Å². The number of aryl methyl sites for hydroxylation is 1. The van der Waals surface area contributed by atoms with Crippen molar-refractivity contribution in [3.63, 3.8) is 0 Å². The van der Waals surface area contributed by atoms with E-state index in [1.54, 1.807) is 0 Å². The largest absolute Gasteiger partial charge is 0.494 e. The number of hydrogen-bond acceptors (Lipinski definition) is 6. The second-order valence-corrected chi connectivity index (χ2v) is 15.0. The zero-order valence-electron chi connectivity index (χ0n) is 27.7. The van der Waals surface area contributed by atoms with E-state index in [1.807, 2.05) is 116 Å². The van der Waals surface area contributed by atoms with Crippen molar-refractivity contribution in [2.24, 2.45) is 15.7 Å². The molecule has 0 saturated heterocycles. The summed E-state index contributed by atoms with van der Waals surface area (Å²) in [5.74, 6) is 1.93. The number of ether oxygens (including phenoxy) is 1. The van der Waals surface area contributed by atoms with Gasteiger partial charge in [-0.2, -0.15) is 0 Å². The summed E-state index contributed by atoms with van der Waals surface area (Å²) in [6.07, 6.45) is 10.4. The van der Waals surface area contributed by atoms with Gasteiger partial charge in [-0.1, -0.05) is 99.2 Å². The zero-order valence-corrected chi connectivity index (χ0v) is 28.6. The van der Waals surface area contributed by atoms with Crippen LogP contribution in [-0.4, -0.2) is 37.5 Å². The van der Waals surface area contributed by atoms with Gasteiger partial charge in [0.15, 0.2) is 12.1 Å². The molecular weight excluding hydrogens is 604 g/mol. The molecule has 1 heterocycles. The highest BCUT2D eigenvalue weighted by Gasteiger charge is 2.47. The van der Waals surface area contributed by atoms with E-state index in [9.17, 15) is 0 Å². The Hall–Kier alpha value is -4.22. The summed E-state index contributed by atoms with van der Waals surface area (Å²) in [7, 11) is 0.682. The molecule has 0 saturated carbocycles. The number of benzene rings is 4. The maximum Gasteiger partial charge on any atom is 0.298 e. The Morgan fingerprint density at radius 3 is 1.79 bits per heavy atom. The van der Waals surface area contributed by atoms with Gasteiger partial charge in [-0.3, -0.25) is 5.32 Å². The van der Waals surface area contributed by atoms with Gasteiger partial charge in [0.2, 0.25) is 5.96 Å². The van der Waals surface area contributed by atoms with Crippen molar-refractivity contribution in [2.75, 3.05) is 20.7 Å². The fourth-order valence-electron chi connectivity index (χ4n) is 5.83. The van der Waals surface area contributed by atoms with Gasteiger partial charge in [-0.05, 0) is 83.1 Å². The minimum Gasteiger partial charge on any atom is -0.494 e. The summed E-state index contributed by atoms with van der Waals surface area (Å²) in [4.78, 5) is 10.9. The molecule has 4 aromatic carbocycles. The van der Waals surface area contributed by atoms with E-state index in [1.165, 1.54) is 50.5 Å². The number of nitrogens with zero attached hydrogens (tertiary/aromatic N) is 3. The zero-order chi connectivity index (χ0) is 32.9. The van der Waals surface area contributed by atoms with Crippen molar-refractivity contribution in [3.8, 4) is 5.75 Å². The van der Waals surface area contributed by atoms with E-state index in [2.05, 4.69) is 27.4 Å². The van der Waals surface area contributed by atoms with E-state index in [-0.39, 0.29) is 6.17 Å². The Morgan fingerprint density at radius 2 is 1.21 bits per heavy atom. The first-order valence-corrected chi connectivity index (χ1v) is 18.5. The minimum absolute atomic E-state index is 0.348. The first-order chi connectivity index (χ1) is 22.9. The molecule has 0 spiro atoms. The molecular formula is C39H48FN5OP+. The molecule has 246 valence electrons. The highest BCUT2D eigenvalue weighted by molar-refractivity contribution is 7.91. The van der Waals surface area contributed by atoms with E-state index in [4.69, 9.17) is 10.5 Å². The lowest BCUT2D eigenvalue weighted by Crippen LogP contribution is -2.46. The van der Waals surface area contributed by atoms with Crippen molar-refractivity contribution in [2.45, 2.75) is 64.0 Å². The number of rotatable bonds is 16. The fraction of sp³-hybridized carbons (Fsp3) is 0.333. The second-order valence-electron chi connectivity index (χ2n) is 12.3. The maximum atomic E-state index is 16.9. The van der Waals surface area contributed by atoms with Gasteiger partial charge < -0.3 is 15.4 Å². The number of guanidine groups is 2. The van der Waals surface area contributed by atoms with Crippen LogP contribution in [0.25, 0.3) is 0 Å². The van der Waals surface area contributed by atoms with Crippen LogP contribution in [0.3, 0.4) is 0 Å². The molecule has 8 heteroatoms. The SMILES string of the molecule is CN(C)C1=NC(c2ccc(OCCCCCCCCCCc3ccc([P+](F)(c4ccccc4)c4ccccc4)cc3)cc2)N=C(N)N1. The van der Waals surface area contributed by atoms with Gasteiger partial charge in [0.05, 0.1) is 6.61 Å². The van der Waals surface area contributed by atoms with Crippen molar-refractivity contribution in [3.05, 3.63) is 120 Å². The molecule has 0 fully saturated rings. The monoisotopic (exact) mass is 652 g/mol. The molecule has 1 aliphatic heterocycles. The van der Waals surface area contributed by atoms with Crippen molar-refractivity contribution < 1.29 is 8.93 Å². The molecule has 47 heavy (non-hydrogen) atoms. The number of nitrogens with one attached hydrogen (secondary N) is 1. The summed E-state index contributed by atoms with van der Waals surface area (Å²) in [6.45, 7) is 0.724. The third kappa shape index (κ3) is 9.42. The molecule has 1 aliphatic rings. The third-order valence-corrected chi connectivity index (χ3v) is 11.5. The van der Waals surface area contributed by atoms with E-state index < -0.39 is 7.57 Å². The molecule has 1 atom stereocenters. The summed E-state index contributed by atoms with van der Waals surface area (Å²) >= 11 is 0. The van der Waals surface area contributed by atoms with Crippen molar-refractivity contribution in [1.29, 1.82) is 0 Å². The van der Waals surface area contributed by atoms with Crippen LogP contribution in [-0.2, 0) is 6.42 Å². The standard InChI is InChI=1S/C39H48FN5OP/c1-45(2)39-43-37(42-38(41)44-39)32-24-26-33(27-25-32)46-30-16-8-6-4-3-5-7-11-17-31-22-28-36(29-23-31)47(40,34-18-12-9-13-19-34)35-20-14-10-15-21-35/h9-10,12-15,18-29,37H,3-8,11,16-17,30H2,1-2H3,(H3,41,42,43,44)/q+1. The van der Waals surface area contributed by atoms with Crippen LogP contribution in [0.15, 0.2) is 119 Å². The van der Waals surface area contributed by atoms with Gasteiger partial charge in [0, 0.05) is 14.1 Å². The van der Waals surface area contributed by atoms with Crippen molar-refractivity contribution >= 4 is 35.4 Å². The Bertz CT molecular complexity index is 1540. The number of nitrogens with two attached hydrogens (primary N) is 1. The minimum atomic E-state index is -3.15. The average molecular weight is 653 g/mol. The molecule has 1 unspecified atom stereocenters. The molecule has 6 nitrogen and oxygen atoms in total. The van der Waals surface area contributed by atoms with E-state index in [0.717, 1.165) is 46.7 Å². The number of unbranched alkanes of at least 4 members (excludes halogenated alkanes) is 7. The summed E-state index contributed by atoms with van der Waals surface area (Å²) < 4.78 is 22.9. The lowest BCUT2D eigenvalue weighted by Gasteiger charge is -2.23. The highest BCUT2D eigenvalue weighted by Crippen LogP contribution is 2.56. The molecule has 0 amide bonds. The third-order valence-electron chi connectivity index (χ3n) is 8.49. The number of halogens is 1. The van der Waals surface area contributed by atoms with Crippen LogP contribution in [0.1, 0.15) is 68.7 Å². The first-order valence-electron chi connectivity index (χ1n) is 16.8. The second kappa shape index (κ2) is 17.1. The predicted octanol–water partition coefficient (Wildman–Crippen LogP) is 7.44. The van der Waals surface area contributed by atoms with Crippen LogP contribution < -0.4 is 31.7 Å². The Kier molecular flexibility index (Phi) is 12.4. The van der Waals surface area contributed by atoms with Crippen LogP contribution in [0.5, 0.6) is 5.75 Å². The van der Waals surface area contributed by atoms with E-state index in [0.29, 0.717) is 11.9 Å². The van der Waals surface area contributed by atoms with Gasteiger partial charge in [0.25, 0.3) is 7.57 Å². The van der Waals surface area contributed by atoms with Crippen molar-refractivity contribution in [1.82, 2.24) is 10.2 Å². The van der Waals surface area contributed by atoms with Crippen LogP contribution in [0, 0.1) is 0 Å². The van der Waals surface area contributed by atoms with Gasteiger partial charge >= 0.3 is 0 Å². The smallest absolute Gasteiger partial charge is 0.298 e. The van der Waals surface area contributed by atoms with Crippen LogP contribution in [0.4, 0.5) is 4.20 Å². The molecule has 5 rings (SSSR count). The Balaban J connectivity index is 0.950. The lowest BCUT2D eigenvalue weighted by atomic mass is 10.0. The quantitative estimate of drug-likeness (QED) is 0.0975. The fourth-order valence-corrected chi connectivity index (χ4v) is 8.45. The maximum absolute atomic E-state index is 16.9. The van der Waals surface area contributed by atoms with Gasteiger partial charge in [-0.15, -0.1) is 0 Å². The molecule has 3 N–H and O–H groups in total. The summed E-state index contributed by atoms with van der Waals surface area (Å²) in [6, 6.07) is 35.5. The topological polar surface area (TPSA) is 75.2 Å². The van der Waals surface area contributed by atoms with E-state index >= 15 is 4.20 Å². The van der Waals surface area contributed by atoms with Crippen LogP contribution >= 0.6 is 7.57 Å². The first kappa shape index (κ1) is 34.1. The molecule has 0 aliphatic carbocycles.